The average Bonchev–Trinajstić information content (AvgIpc) is 2.28. The largest absolute Gasteiger partial charge is 0.321 e. The number of nitro benzene ring substituents is 1. The fraction of sp³-hybridized carbons (Fsp3) is 0.200. The van der Waals surface area contributed by atoms with Crippen LogP contribution < -0.4 is 5.73 Å². The third-order valence-corrected chi connectivity index (χ3v) is 2.08. The molecule has 0 bridgehead atoms. The molecule has 0 spiro atoms. The minimum atomic E-state index is -0.890. The first kappa shape index (κ1) is 12.0. The molecule has 0 fully saturated rings. The second-order valence-corrected chi connectivity index (χ2v) is 3.25. The smallest absolute Gasteiger partial charge is 0.269 e. The number of benzene rings is 1. The van der Waals surface area contributed by atoms with E-state index in [0.717, 1.165) is 0 Å². The van der Waals surface area contributed by atoms with Gasteiger partial charge in [0.25, 0.3) is 5.69 Å². The zero-order valence-electron chi connectivity index (χ0n) is 8.33. The van der Waals surface area contributed by atoms with Gasteiger partial charge in [-0.2, -0.15) is 0 Å². The van der Waals surface area contributed by atoms with Crippen LogP contribution >= 0.6 is 0 Å². The molecule has 0 saturated carbocycles. The fourth-order valence-corrected chi connectivity index (χ4v) is 1.20. The van der Waals surface area contributed by atoms with Crippen LogP contribution in [0.5, 0.6) is 0 Å². The number of hydrogen-bond acceptors (Lipinski definition) is 5. The number of nitro groups is 1. The lowest BCUT2D eigenvalue weighted by Crippen LogP contribution is -2.33. The van der Waals surface area contributed by atoms with E-state index in [2.05, 4.69) is 0 Å². The Kier molecular flexibility index (Phi) is 3.84. The molecule has 0 heterocycles. The highest BCUT2D eigenvalue weighted by atomic mass is 16.6. The highest BCUT2D eigenvalue weighted by molar-refractivity contribution is 6.27. The van der Waals surface area contributed by atoms with E-state index in [1.807, 2.05) is 0 Å². The molecule has 84 valence electrons. The van der Waals surface area contributed by atoms with Crippen molar-refractivity contribution in [3.63, 3.8) is 0 Å². The second kappa shape index (κ2) is 5.13. The van der Waals surface area contributed by atoms with Gasteiger partial charge in [-0.25, -0.2) is 0 Å². The van der Waals surface area contributed by atoms with Gasteiger partial charge in [0.15, 0.2) is 6.29 Å². The Morgan fingerprint density at radius 2 is 2.00 bits per heavy atom. The van der Waals surface area contributed by atoms with Crippen molar-refractivity contribution in [2.45, 2.75) is 12.5 Å². The van der Waals surface area contributed by atoms with E-state index in [9.17, 15) is 19.7 Å². The number of nitrogens with zero attached hydrogens (tertiary/aromatic N) is 1. The van der Waals surface area contributed by atoms with Gasteiger partial charge in [-0.3, -0.25) is 19.7 Å². The van der Waals surface area contributed by atoms with Crippen molar-refractivity contribution in [2.75, 3.05) is 0 Å². The highest BCUT2D eigenvalue weighted by Gasteiger charge is 2.13. The summed E-state index contributed by atoms with van der Waals surface area (Å²) in [6.45, 7) is 0. The maximum atomic E-state index is 10.9. The monoisotopic (exact) mass is 222 g/mol. The summed E-state index contributed by atoms with van der Waals surface area (Å²) in [6.07, 6.45) is 0.367. The van der Waals surface area contributed by atoms with Crippen molar-refractivity contribution < 1.29 is 14.5 Å². The van der Waals surface area contributed by atoms with Gasteiger partial charge < -0.3 is 5.73 Å². The lowest BCUT2D eigenvalue weighted by atomic mass is 10.0. The number of nitrogens with two attached hydrogens (primary N) is 1. The van der Waals surface area contributed by atoms with Gasteiger partial charge in [0.2, 0.25) is 5.78 Å². The van der Waals surface area contributed by atoms with E-state index in [4.69, 9.17) is 5.73 Å². The number of hydrogen-bond donors (Lipinski definition) is 1. The summed E-state index contributed by atoms with van der Waals surface area (Å²) < 4.78 is 0. The molecule has 1 unspecified atom stereocenters. The first-order chi connectivity index (χ1) is 7.54. The Labute approximate surface area is 91.2 Å². The van der Waals surface area contributed by atoms with E-state index < -0.39 is 16.7 Å². The Morgan fingerprint density at radius 3 is 2.44 bits per heavy atom. The van der Waals surface area contributed by atoms with Crippen molar-refractivity contribution in [3.05, 3.63) is 39.9 Å². The number of rotatable bonds is 5. The van der Waals surface area contributed by atoms with E-state index >= 15 is 0 Å². The van der Waals surface area contributed by atoms with Crippen molar-refractivity contribution in [2.24, 2.45) is 5.73 Å². The predicted molar refractivity (Wildman–Crippen MR) is 55.8 cm³/mol. The molecule has 2 N–H and O–H groups in total. The van der Waals surface area contributed by atoms with Gasteiger partial charge in [0.1, 0.15) is 0 Å². The Hall–Kier alpha value is -2.08. The molecule has 6 nitrogen and oxygen atoms in total. The van der Waals surface area contributed by atoms with Crippen LogP contribution in [-0.4, -0.2) is 23.0 Å². The van der Waals surface area contributed by atoms with Crippen LogP contribution in [0, 0.1) is 10.1 Å². The molecule has 0 radical (unpaired) electrons. The lowest BCUT2D eigenvalue weighted by molar-refractivity contribution is -0.384. The van der Waals surface area contributed by atoms with Crippen molar-refractivity contribution in [1.29, 1.82) is 0 Å². The lowest BCUT2D eigenvalue weighted by Gasteiger charge is -2.06. The van der Waals surface area contributed by atoms with Crippen LogP contribution in [0.4, 0.5) is 5.69 Å². The molecule has 0 aliphatic carbocycles. The highest BCUT2D eigenvalue weighted by Crippen LogP contribution is 2.12. The predicted octanol–water partition coefficient (Wildman–Crippen LogP) is 0.233. The summed E-state index contributed by atoms with van der Waals surface area (Å²) in [7, 11) is 0. The molecule has 0 aliphatic heterocycles. The standard InChI is InChI=1S/C10H10N2O4/c11-9(10(14)6-13)5-7-1-3-8(4-2-7)12(15)16/h1-4,6,9H,5,11H2. The average molecular weight is 222 g/mol. The van der Waals surface area contributed by atoms with Gasteiger partial charge >= 0.3 is 0 Å². The van der Waals surface area contributed by atoms with Crippen LogP contribution in [0.1, 0.15) is 5.56 Å². The van der Waals surface area contributed by atoms with Crippen molar-refractivity contribution in [3.8, 4) is 0 Å². The van der Waals surface area contributed by atoms with Gasteiger partial charge in [-0.15, -0.1) is 0 Å². The van der Waals surface area contributed by atoms with Gasteiger partial charge in [0, 0.05) is 12.1 Å². The Morgan fingerprint density at radius 1 is 1.44 bits per heavy atom. The summed E-state index contributed by atoms with van der Waals surface area (Å²) in [5, 5.41) is 10.4. The maximum Gasteiger partial charge on any atom is 0.269 e. The van der Waals surface area contributed by atoms with Crippen LogP contribution in [0.3, 0.4) is 0 Å². The SMILES string of the molecule is NC(Cc1ccc([N+](=O)[O-])cc1)C(=O)C=O. The summed E-state index contributed by atoms with van der Waals surface area (Å²) in [4.78, 5) is 30.9. The Balaban J connectivity index is 2.72. The van der Waals surface area contributed by atoms with Gasteiger partial charge in [-0.05, 0) is 12.0 Å². The normalized spacial score (nSPS) is 11.8. The summed E-state index contributed by atoms with van der Waals surface area (Å²) in [5.41, 5.74) is 6.09. The third kappa shape index (κ3) is 2.96. The number of aldehydes is 1. The first-order valence-electron chi connectivity index (χ1n) is 4.52. The van der Waals surface area contributed by atoms with Crippen molar-refractivity contribution in [1.82, 2.24) is 0 Å². The molecule has 0 aromatic heterocycles. The van der Waals surface area contributed by atoms with E-state index in [1.54, 1.807) is 0 Å². The van der Waals surface area contributed by atoms with Crippen LogP contribution in [-0.2, 0) is 16.0 Å². The molecule has 0 aliphatic rings. The van der Waals surface area contributed by atoms with E-state index in [1.165, 1.54) is 24.3 Å². The first-order valence-corrected chi connectivity index (χ1v) is 4.52. The summed E-state index contributed by atoms with van der Waals surface area (Å²) in [6, 6.07) is 4.78. The number of carbonyl (C=O) groups excluding carboxylic acids is 2. The molecule has 1 rings (SSSR count). The topological polar surface area (TPSA) is 103 Å². The minimum absolute atomic E-state index is 0.0287. The van der Waals surface area contributed by atoms with Gasteiger partial charge in [-0.1, -0.05) is 12.1 Å². The molecule has 1 aromatic carbocycles. The molecular weight excluding hydrogens is 212 g/mol. The van der Waals surface area contributed by atoms with Gasteiger partial charge in [0.05, 0.1) is 11.0 Å². The zero-order valence-corrected chi connectivity index (χ0v) is 8.33. The summed E-state index contributed by atoms with van der Waals surface area (Å²) in [5.74, 6) is -0.682. The number of Topliss-reactive ketones (excluding diaryl/α,β-unsaturated/α-hetero) is 1. The number of carbonyl (C=O) groups is 2. The fourth-order valence-electron chi connectivity index (χ4n) is 1.20. The molecule has 16 heavy (non-hydrogen) atoms. The zero-order chi connectivity index (χ0) is 12.1. The Bertz CT molecular complexity index is 413. The molecular formula is C10H10N2O4. The van der Waals surface area contributed by atoms with Crippen LogP contribution in [0.25, 0.3) is 0 Å². The quantitative estimate of drug-likeness (QED) is 0.332. The molecule has 1 aromatic rings. The van der Waals surface area contributed by atoms with E-state index in [0.29, 0.717) is 5.56 Å². The molecule has 1 atom stereocenters. The van der Waals surface area contributed by atoms with Crippen LogP contribution in [0.15, 0.2) is 24.3 Å². The molecule has 6 heteroatoms. The number of non-ortho nitro benzene ring substituents is 1. The number of ketones is 1. The third-order valence-electron chi connectivity index (χ3n) is 2.08. The maximum absolute atomic E-state index is 10.9. The van der Waals surface area contributed by atoms with Crippen LogP contribution in [0.2, 0.25) is 0 Å². The second-order valence-electron chi connectivity index (χ2n) is 3.25. The molecule has 0 saturated heterocycles. The summed E-state index contributed by atoms with van der Waals surface area (Å²) >= 11 is 0. The van der Waals surface area contributed by atoms with Crippen molar-refractivity contribution >= 4 is 17.8 Å². The molecule has 0 amide bonds. The van der Waals surface area contributed by atoms with E-state index in [-0.39, 0.29) is 18.4 Å². The minimum Gasteiger partial charge on any atom is -0.321 e.